The number of nitrogens with zero attached hydrogens (tertiary/aromatic N) is 2. The molecule has 2 N–H and O–H groups in total. The minimum Gasteiger partial charge on any atom is -0.382 e. The van der Waals surface area contributed by atoms with Crippen molar-refractivity contribution in [1.82, 2.24) is 9.97 Å². The molecule has 0 spiro atoms. The van der Waals surface area contributed by atoms with Gasteiger partial charge in [0.05, 0.1) is 20.8 Å². The maximum atomic E-state index is 7.12. The lowest BCUT2D eigenvalue weighted by Crippen LogP contribution is -1.90. The molecule has 0 saturated carbocycles. The molecule has 0 aliphatic rings. The van der Waals surface area contributed by atoms with Crippen LogP contribution >= 0.6 is 0 Å². The highest BCUT2D eigenvalue weighted by Crippen LogP contribution is 1.91. The monoisotopic (exact) mass is 111 g/mol. The highest BCUT2D eigenvalue weighted by molar-refractivity contribution is 5.22. The predicted octanol–water partition coefficient (Wildman–Crippen LogP) is 0.367. The van der Waals surface area contributed by atoms with Crippen molar-refractivity contribution in [2.45, 2.75) is 6.92 Å². The first kappa shape index (κ1) is 3.02. The van der Waals surface area contributed by atoms with Crippen LogP contribution in [-0.4, -0.2) is 9.97 Å². The number of hydrogen-bond donors (Lipinski definition) is 1. The maximum Gasteiger partial charge on any atom is 0.141 e. The van der Waals surface area contributed by atoms with Gasteiger partial charge in [-0.25, -0.2) is 4.98 Å². The summed E-state index contributed by atoms with van der Waals surface area (Å²) in [6.45, 7) is 1.62. The van der Waals surface area contributed by atoms with Crippen LogP contribution in [0.3, 0.4) is 0 Å². The van der Waals surface area contributed by atoms with E-state index >= 15 is 0 Å². The average Bonchev–Trinajstić information content (AvgIpc) is 1.84. The van der Waals surface area contributed by atoms with Gasteiger partial charge in [-0.15, -0.1) is 0 Å². The van der Waals surface area contributed by atoms with Gasteiger partial charge in [0.1, 0.15) is 5.82 Å². The zero-order valence-corrected chi connectivity index (χ0v) is 4.47. The molecule has 0 atom stereocenters. The first-order chi connectivity index (χ1) is 4.61. The van der Waals surface area contributed by atoms with E-state index < -0.39 is 0 Å². The zero-order chi connectivity index (χ0) is 7.72. The zero-order valence-electron chi connectivity index (χ0n) is 6.47. The topological polar surface area (TPSA) is 51.8 Å². The molecule has 0 aliphatic heterocycles. The van der Waals surface area contributed by atoms with E-state index in [2.05, 4.69) is 9.97 Å². The first-order valence-electron chi connectivity index (χ1n) is 3.18. The van der Waals surface area contributed by atoms with Crippen LogP contribution in [0.4, 0.5) is 5.82 Å². The Bertz CT molecular complexity index is 211. The summed E-state index contributed by atoms with van der Waals surface area (Å²) in [6, 6.07) is 0. The molecule has 42 valence electrons. The summed E-state index contributed by atoms with van der Waals surface area (Å²) in [5, 5.41) is 0. The van der Waals surface area contributed by atoms with E-state index in [1.807, 2.05) is 0 Å². The molecular formula is C5H7N3. The molecule has 3 heteroatoms. The van der Waals surface area contributed by atoms with E-state index in [0.29, 0.717) is 5.69 Å². The van der Waals surface area contributed by atoms with Gasteiger partial charge < -0.3 is 5.73 Å². The molecule has 1 aromatic rings. The Morgan fingerprint density at radius 3 is 3.00 bits per heavy atom. The van der Waals surface area contributed by atoms with Gasteiger partial charge in [-0.2, -0.15) is 0 Å². The second-order valence-electron chi connectivity index (χ2n) is 1.42. The maximum absolute atomic E-state index is 7.12. The van der Waals surface area contributed by atoms with Gasteiger partial charge in [0.2, 0.25) is 0 Å². The Morgan fingerprint density at radius 2 is 2.38 bits per heavy atom. The molecule has 0 fully saturated rings. The van der Waals surface area contributed by atoms with Crippen molar-refractivity contribution in [2.24, 2.45) is 0 Å². The summed E-state index contributed by atoms with van der Waals surface area (Å²) in [6.07, 6.45) is -0.0259. The second-order valence-corrected chi connectivity index (χ2v) is 1.42. The molecule has 0 radical (unpaired) electrons. The molecule has 8 heavy (non-hydrogen) atoms. The minimum atomic E-state index is -0.0616. The molecule has 0 amide bonds. The third-order valence-electron chi connectivity index (χ3n) is 0.676. The van der Waals surface area contributed by atoms with Crippen LogP contribution < -0.4 is 5.73 Å². The molecule has 0 aliphatic carbocycles. The van der Waals surface area contributed by atoms with Gasteiger partial charge in [0.15, 0.2) is 0 Å². The lowest BCUT2D eigenvalue weighted by Gasteiger charge is -1.88. The number of aromatic nitrogens is 2. The van der Waals surface area contributed by atoms with Gasteiger partial charge in [-0.1, -0.05) is 0 Å². The molecule has 0 aromatic carbocycles. The van der Waals surface area contributed by atoms with E-state index in [-0.39, 0.29) is 18.2 Å². The standard InChI is InChI=1S/C5H7N3/c1-4-2-8-5(6)3-7-4/h2-3H,1H3,(H2,6,8)/i2D,3D. The summed E-state index contributed by atoms with van der Waals surface area (Å²) in [5.74, 6) is 0.00981. The molecular weight excluding hydrogens is 102 g/mol. The highest BCUT2D eigenvalue weighted by Gasteiger charge is 1.83. The van der Waals surface area contributed by atoms with Crippen LogP contribution in [0.1, 0.15) is 8.44 Å². The van der Waals surface area contributed by atoms with Crippen LogP contribution in [0.25, 0.3) is 0 Å². The van der Waals surface area contributed by atoms with E-state index in [9.17, 15) is 0 Å². The van der Waals surface area contributed by atoms with Gasteiger partial charge in [-0.05, 0) is 6.92 Å². The summed E-state index contributed by atoms with van der Waals surface area (Å²) in [5.41, 5.74) is 5.64. The fraction of sp³-hybridized carbons (Fsp3) is 0.200. The molecule has 0 saturated heterocycles. The number of anilines is 1. The van der Waals surface area contributed by atoms with E-state index in [1.165, 1.54) is 0 Å². The summed E-state index contributed by atoms with van der Waals surface area (Å²) < 4.78 is 14.2. The van der Waals surface area contributed by atoms with Crippen molar-refractivity contribution in [3.63, 3.8) is 0 Å². The number of aryl methyl sites for hydroxylation is 1. The Balaban J connectivity index is 3.28. The van der Waals surface area contributed by atoms with E-state index in [4.69, 9.17) is 8.48 Å². The quantitative estimate of drug-likeness (QED) is 0.526. The van der Waals surface area contributed by atoms with Crippen molar-refractivity contribution in [3.8, 4) is 0 Å². The molecule has 1 heterocycles. The van der Waals surface area contributed by atoms with Crippen LogP contribution in [0.2, 0.25) is 0 Å². The van der Waals surface area contributed by atoms with Crippen molar-refractivity contribution in [3.05, 3.63) is 18.0 Å². The van der Waals surface area contributed by atoms with Crippen molar-refractivity contribution >= 4 is 5.82 Å². The fourth-order valence-corrected chi connectivity index (χ4v) is 0.332. The Labute approximate surface area is 50.4 Å². The Kier molecular flexibility index (Phi) is 0.670. The molecule has 0 unspecified atom stereocenters. The highest BCUT2D eigenvalue weighted by atomic mass is 14.9. The van der Waals surface area contributed by atoms with E-state index in [1.54, 1.807) is 6.92 Å². The Hall–Kier alpha value is -1.12. The van der Waals surface area contributed by atoms with Crippen molar-refractivity contribution < 1.29 is 2.74 Å². The van der Waals surface area contributed by atoms with Gasteiger partial charge in [-0.3, -0.25) is 4.98 Å². The first-order valence-corrected chi connectivity index (χ1v) is 2.18. The molecule has 1 aromatic heterocycles. The third kappa shape index (κ3) is 0.932. The SMILES string of the molecule is [2H]c1nc(N)c([2H])nc1C. The fourth-order valence-electron chi connectivity index (χ4n) is 0.332. The largest absolute Gasteiger partial charge is 0.382 e. The smallest absolute Gasteiger partial charge is 0.141 e. The third-order valence-corrected chi connectivity index (χ3v) is 0.676. The average molecular weight is 111 g/mol. The normalized spacial score (nSPS) is 12.6. The van der Waals surface area contributed by atoms with Gasteiger partial charge in [0, 0.05) is 0 Å². The second kappa shape index (κ2) is 1.78. The van der Waals surface area contributed by atoms with Crippen LogP contribution in [0.15, 0.2) is 12.3 Å². The molecule has 0 bridgehead atoms. The predicted molar refractivity (Wildman–Crippen MR) is 31.2 cm³/mol. The number of rotatable bonds is 0. The van der Waals surface area contributed by atoms with Crippen LogP contribution in [0, 0.1) is 6.92 Å². The van der Waals surface area contributed by atoms with Crippen LogP contribution in [-0.2, 0) is 0 Å². The van der Waals surface area contributed by atoms with Crippen molar-refractivity contribution in [1.29, 1.82) is 0 Å². The van der Waals surface area contributed by atoms with Gasteiger partial charge in [0.25, 0.3) is 0 Å². The summed E-state index contributed by atoms with van der Waals surface area (Å²) >= 11 is 0. The van der Waals surface area contributed by atoms with E-state index in [0.717, 1.165) is 0 Å². The summed E-state index contributed by atoms with van der Waals surface area (Å²) in [7, 11) is 0. The minimum absolute atomic E-state index is 0.00981. The van der Waals surface area contributed by atoms with Crippen molar-refractivity contribution in [2.75, 3.05) is 5.73 Å². The lowest BCUT2D eigenvalue weighted by atomic mass is 10.5. The molecule has 3 nitrogen and oxygen atoms in total. The number of nitrogens with two attached hydrogens (primary N) is 1. The molecule has 1 rings (SSSR count). The summed E-state index contributed by atoms with van der Waals surface area (Å²) in [4.78, 5) is 7.23. The number of nitrogen functional groups attached to an aromatic ring is 1. The number of hydrogen-bond acceptors (Lipinski definition) is 3. The Morgan fingerprint density at radius 1 is 1.62 bits per heavy atom. The van der Waals surface area contributed by atoms with Crippen LogP contribution in [0.5, 0.6) is 0 Å². The van der Waals surface area contributed by atoms with Gasteiger partial charge >= 0.3 is 0 Å². The lowest BCUT2D eigenvalue weighted by molar-refractivity contribution is 1.13.